The van der Waals surface area contributed by atoms with Crippen molar-refractivity contribution < 1.29 is 5.11 Å². The molecule has 0 saturated heterocycles. The number of aliphatic hydroxyl groups excluding tert-OH is 1. The minimum atomic E-state index is 0. The van der Waals surface area contributed by atoms with Crippen molar-refractivity contribution in [2.75, 3.05) is 20.7 Å². The fraction of sp³-hybridized carbons (Fsp3) is 1.00. The van der Waals surface area contributed by atoms with Crippen LogP contribution in [0, 0.1) is 0 Å². The standard InChI is InChI=1S/C17H37N.CH4O.BrH/c1-3-4-5-6-7-8-9-10-11-12-13-14-15-16-17-18-2;1-2;/h18H,3-17H2,1-2H3;2H,1H3;1H. The number of unbranched alkanes of at least 4 members (excludes halogenated alkanes) is 13. The fourth-order valence-corrected chi connectivity index (χ4v) is 2.50. The van der Waals surface area contributed by atoms with Crippen molar-refractivity contribution in [3.8, 4) is 0 Å². The first-order valence-electron chi connectivity index (χ1n) is 9.01. The molecule has 0 heterocycles. The molecule has 0 saturated carbocycles. The summed E-state index contributed by atoms with van der Waals surface area (Å²) in [6.07, 6.45) is 20.3. The molecule has 3 heteroatoms. The summed E-state index contributed by atoms with van der Waals surface area (Å²) in [5.74, 6) is 0. The summed E-state index contributed by atoms with van der Waals surface area (Å²) in [4.78, 5) is 0. The van der Waals surface area contributed by atoms with Crippen LogP contribution in [0.4, 0.5) is 0 Å². The second-order valence-corrected chi connectivity index (χ2v) is 5.70. The molecule has 0 aliphatic heterocycles. The van der Waals surface area contributed by atoms with Crippen LogP contribution in [0.1, 0.15) is 96.8 Å². The summed E-state index contributed by atoms with van der Waals surface area (Å²) in [5.41, 5.74) is 0. The van der Waals surface area contributed by atoms with Gasteiger partial charge in [-0.2, -0.15) is 0 Å². The Labute approximate surface area is 145 Å². The highest BCUT2D eigenvalue weighted by Gasteiger charge is 1.93. The molecular formula is C18H42BrNO. The normalized spacial score (nSPS) is 9.71. The van der Waals surface area contributed by atoms with Crippen LogP contribution in [0.3, 0.4) is 0 Å². The van der Waals surface area contributed by atoms with E-state index in [1.165, 1.54) is 96.4 Å². The van der Waals surface area contributed by atoms with Crippen LogP contribution in [0.15, 0.2) is 0 Å². The van der Waals surface area contributed by atoms with Gasteiger partial charge in [-0.25, -0.2) is 0 Å². The molecule has 0 fully saturated rings. The van der Waals surface area contributed by atoms with Gasteiger partial charge in [-0.3, -0.25) is 0 Å². The molecule has 21 heavy (non-hydrogen) atoms. The zero-order valence-corrected chi connectivity index (χ0v) is 16.7. The number of hydrogen-bond donors (Lipinski definition) is 2. The second-order valence-electron chi connectivity index (χ2n) is 5.70. The van der Waals surface area contributed by atoms with Gasteiger partial charge in [0, 0.05) is 7.11 Å². The lowest BCUT2D eigenvalue weighted by atomic mass is 10.0. The van der Waals surface area contributed by atoms with E-state index in [-0.39, 0.29) is 17.0 Å². The van der Waals surface area contributed by atoms with Crippen LogP contribution in [0.2, 0.25) is 0 Å². The van der Waals surface area contributed by atoms with E-state index < -0.39 is 0 Å². The Kier molecular flexibility index (Phi) is 35.8. The fourth-order valence-electron chi connectivity index (χ4n) is 2.50. The highest BCUT2D eigenvalue weighted by Crippen LogP contribution is 2.12. The Morgan fingerprint density at radius 1 is 0.571 bits per heavy atom. The maximum Gasteiger partial charge on any atom is 0.0319 e. The highest BCUT2D eigenvalue weighted by molar-refractivity contribution is 8.93. The van der Waals surface area contributed by atoms with Crippen molar-refractivity contribution in [1.29, 1.82) is 0 Å². The van der Waals surface area contributed by atoms with E-state index in [0.717, 1.165) is 7.11 Å². The summed E-state index contributed by atoms with van der Waals surface area (Å²) < 4.78 is 0. The van der Waals surface area contributed by atoms with Gasteiger partial charge < -0.3 is 10.4 Å². The third-order valence-electron chi connectivity index (χ3n) is 3.78. The Bertz CT molecular complexity index is 129. The third kappa shape index (κ3) is 29.1. The molecule has 0 spiro atoms. The van der Waals surface area contributed by atoms with Gasteiger partial charge in [0.1, 0.15) is 0 Å². The largest absolute Gasteiger partial charge is 0.400 e. The van der Waals surface area contributed by atoms with Gasteiger partial charge in [0.05, 0.1) is 0 Å². The van der Waals surface area contributed by atoms with Crippen molar-refractivity contribution in [2.45, 2.75) is 96.8 Å². The molecule has 0 unspecified atom stereocenters. The number of halogens is 1. The van der Waals surface area contributed by atoms with E-state index in [2.05, 4.69) is 12.2 Å². The molecule has 132 valence electrons. The van der Waals surface area contributed by atoms with Gasteiger partial charge in [0.25, 0.3) is 0 Å². The minimum absolute atomic E-state index is 0. The second kappa shape index (κ2) is 28.5. The van der Waals surface area contributed by atoms with Crippen LogP contribution in [-0.2, 0) is 0 Å². The van der Waals surface area contributed by atoms with E-state index >= 15 is 0 Å². The summed E-state index contributed by atoms with van der Waals surface area (Å²) in [6.45, 7) is 3.48. The molecule has 2 nitrogen and oxygen atoms in total. The predicted molar refractivity (Wildman–Crippen MR) is 103 cm³/mol. The third-order valence-corrected chi connectivity index (χ3v) is 3.78. The van der Waals surface area contributed by atoms with E-state index in [9.17, 15) is 0 Å². The Morgan fingerprint density at radius 3 is 1.14 bits per heavy atom. The van der Waals surface area contributed by atoms with Gasteiger partial charge in [0.15, 0.2) is 0 Å². The first-order valence-corrected chi connectivity index (χ1v) is 9.01. The van der Waals surface area contributed by atoms with Crippen LogP contribution in [-0.4, -0.2) is 25.8 Å². The molecule has 0 aromatic heterocycles. The maximum atomic E-state index is 7.00. The predicted octanol–water partition coefficient (Wildman–Crippen LogP) is 5.87. The minimum Gasteiger partial charge on any atom is -0.400 e. The van der Waals surface area contributed by atoms with Gasteiger partial charge in [0.2, 0.25) is 0 Å². The Morgan fingerprint density at radius 2 is 0.857 bits per heavy atom. The van der Waals surface area contributed by atoms with Crippen LogP contribution in [0.25, 0.3) is 0 Å². The molecule has 0 aliphatic rings. The Balaban J connectivity index is -0.00000103. The molecule has 0 rings (SSSR count). The molecule has 2 N–H and O–H groups in total. The van der Waals surface area contributed by atoms with E-state index in [0.29, 0.717) is 0 Å². The van der Waals surface area contributed by atoms with Gasteiger partial charge in [-0.1, -0.05) is 90.4 Å². The van der Waals surface area contributed by atoms with Crippen LogP contribution >= 0.6 is 17.0 Å². The van der Waals surface area contributed by atoms with Crippen LogP contribution < -0.4 is 5.32 Å². The first-order chi connectivity index (χ1) is 9.91. The van der Waals surface area contributed by atoms with Crippen molar-refractivity contribution >= 4 is 17.0 Å². The van der Waals surface area contributed by atoms with Crippen molar-refractivity contribution in [3.63, 3.8) is 0 Å². The van der Waals surface area contributed by atoms with Crippen LogP contribution in [0.5, 0.6) is 0 Å². The first kappa shape index (κ1) is 26.3. The lowest BCUT2D eigenvalue weighted by molar-refractivity contribution is 0.399. The van der Waals surface area contributed by atoms with Crippen molar-refractivity contribution in [2.24, 2.45) is 0 Å². The monoisotopic (exact) mass is 367 g/mol. The summed E-state index contributed by atoms with van der Waals surface area (Å²) in [7, 11) is 3.04. The Hall–Kier alpha value is 0.400. The average molecular weight is 368 g/mol. The summed E-state index contributed by atoms with van der Waals surface area (Å²) in [6, 6.07) is 0. The molecule has 0 amide bonds. The number of hydrogen-bond acceptors (Lipinski definition) is 2. The van der Waals surface area contributed by atoms with Crippen molar-refractivity contribution in [1.82, 2.24) is 5.32 Å². The molecule has 0 atom stereocenters. The average Bonchev–Trinajstić information content (AvgIpc) is 2.50. The number of nitrogens with one attached hydrogen (secondary N) is 1. The molecule has 0 aromatic carbocycles. The molecule has 0 bridgehead atoms. The number of aliphatic hydroxyl groups is 1. The zero-order valence-electron chi connectivity index (χ0n) is 15.0. The SMILES string of the molecule is Br.CCCCCCCCCCCCCCCCNC.CO. The smallest absolute Gasteiger partial charge is 0.0319 e. The molecule has 0 aromatic rings. The molecule has 0 radical (unpaired) electrons. The summed E-state index contributed by atoms with van der Waals surface area (Å²) >= 11 is 0. The summed E-state index contributed by atoms with van der Waals surface area (Å²) in [5, 5.41) is 10.2. The zero-order chi connectivity index (χ0) is 15.3. The molecular weight excluding hydrogens is 326 g/mol. The lowest BCUT2D eigenvalue weighted by Gasteiger charge is -2.03. The van der Waals surface area contributed by atoms with Crippen molar-refractivity contribution in [3.05, 3.63) is 0 Å². The molecule has 0 aliphatic carbocycles. The maximum absolute atomic E-state index is 7.00. The topological polar surface area (TPSA) is 32.3 Å². The quantitative estimate of drug-likeness (QED) is 0.354. The lowest BCUT2D eigenvalue weighted by Crippen LogP contribution is -2.06. The van der Waals surface area contributed by atoms with E-state index in [1.54, 1.807) is 0 Å². The highest BCUT2D eigenvalue weighted by atomic mass is 79.9. The van der Waals surface area contributed by atoms with E-state index in [4.69, 9.17) is 5.11 Å². The van der Waals surface area contributed by atoms with E-state index in [1.807, 2.05) is 7.05 Å². The van der Waals surface area contributed by atoms with Gasteiger partial charge in [-0.15, -0.1) is 17.0 Å². The number of rotatable bonds is 15. The van der Waals surface area contributed by atoms with Gasteiger partial charge >= 0.3 is 0 Å². The van der Waals surface area contributed by atoms with Gasteiger partial charge in [-0.05, 0) is 20.0 Å².